The van der Waals surface area contributed by atoms with Crippen molar-refractivity contribution < 1.29 is 18.3 Å². The molecule has 2 aliphatic carbocycles. The van der Waals surface area contributed by atoms with Gasteiger partial charge in [0.15, 0.2) is 0 Å². The van der Waals surface area contributed by atoms with Gasteiger partial charge in [-0.15, -0.1) is 0 Å². The van der Waals surface area contributed by atoms with Gasteiger partial charge in [0.25, 0.3) is 0 Å². The van der Waals surface area contributed by atoms with Crippen molar-refractivity contribution in [2.45, 2.75) is 118 Å². The molecular weight excluding hydrogens is 871 g/mol. The molecule has 0 saturated carbocycles. The number of hydrogen-bond donors (Lipinski definition) is 0. The SMILES string of the molecule is [CH2]=[Zr]([C]1=CC=CC1)([c]1ccc(-c2ccc(Cl)cc2)cc1)([c]1ccc(-c2ccc(Cl)cc2)cc1)[c]1c2c(cc(C(C)(C)C)c1C(C)(C)C)-c1cc(C(C)(C)C)c(C(C)(C)C)cc1C2. The fraction of sp³-hybridized carbons (Fsp3) is 0.305. The van der Waals surface area contributed by atoms with E-state index in [1.807, 2.05) is 24.3 Å². The van der Waals surface area contributed by atoms with Crippen LogP contribution in [0.5, 0.6) is 0 Å². The maximum absolute atomic E-state index is 6.39. The van der Waals surface area contributed by atoms with Crippen molar-refractivity contribution in [2.24, 2.45) is 0 Å². The standard InChI is InChI=1S/C29H41.2C12H8Cl.C5H5.CH2.Zr/c1-26(2,3)22-14-18-13-19-15-23(27(4,5)6)25(29(10,11)12)17-21(19)20(18)16-24(22)28(7,8)9;2*13-12-8-6-11(7-9-12)10-4-2-1-3-5-10;1-2-4-5-3-1;;/h14,16-17H,13H2,1-12H3;2*2-9H;1-3H,4H2;1H2;. The first-order valence-corrected chi connectivity index (χ1v) is 29.8. The molecule has 62 heavy (non-hydrogen) atoms. The Labute approximate surface area is 383 Å². The van der Waals surface area contributed by atoms with E-state index in [4.69, 9.17) is 27.4 Å². The topological polar surface area (TPSA) is 0 Å². The van der Waals surface area contributed by atoms with Gasteiger partial charge >= 0.3 is 387 Å². The van der Waals surface area contributed by atoms with Gasteiger partial charge in [-0.1, -0.05) is 0 Å². The van der Waals surface area contributed by atoms with Crippen LogP contribution in [0.2, 0.25) is 10.0 Å². The number of hydrogen-bond acceptors (Lipinski definition) is 0. The summed E-state index contributed by atoms with van der Waals surface area (Å²) in [5.74, 6) is 0. The first kappa shape index (κ1) is 44.7. The van der Waals surface area contributed by atoms with Gasteiger partial charge in [-0.2, -0.15) is 0 Å². The quantitative estimate of drug-likeness (QED) is 0.156. The molecule has 0 spiro atoms. The van der Waals surface area contributed by atoms with E-state index < -0.39 is 18.3 Å². The Morgan fingerprint density at radius 2 is 0.887 bits per heavy atom. The van der Waals surface area contributed by atoms with E-state index in [1.54, 1.807) is 0 Å². The fourth-order valence-corrected chi connectivity index (χ4v) is 27.7. The van der Waals surface area contributed by atoms with E-state index in [0.29, 0.717) is 0 Å². The van der Waals surface area contributed by atoms with E-state index >= 15 is 0 Å². The van der Waals surface area contributed by atoms with Crippen LogP contribution >= 0.6 is 23.2 Å². The zero-order valence-corrected chi connectivity index (χ0v) is 43.0. The molecule has 0 aliphatic heterocycles. The molecule has 0 saturated heterocycles. The van der Waals surface area contributed by atoms with Crippen molar-refractivity contribution in [3.63, 3.8) is 0 Å². The van der Waals surface area contributed by atoms with Gasteiger partial charge in [0.05, 0.1) is 0 Å². The second-order valence-electron chi connectivity index (χ2n) is 22.4. The Bertz CT molecular complexity index is 2740. The minimum atomic E-state index is -5.34. The van der Waals surface area contributed by atoms with Crippen LogP contribution in [0.3, 0.4) is 0 Å². The van der Waals surface area contributed by atoms with Gasteiger partial charge in [-0.05, 0) is 0 Å². The first-order chi connectivity index (χ1) is 28.9. The van der Waals surface area contributed by atoms with Gasteiger partial charge in [-0.25, -0.2) is 0 Å². The van der Waals surface area contributed by atoms with Crippen molar-refractivity contribution in [1.29, 1.82) is 0 Å². The van der Waals surface area contributed by atoms with Crippen molar-refractivity contribution in [3.05, 3.63) is 180 Å². The molecule has 0 heterocycles. The Morgan fingerprint density at radius 3 is 1.27 bits per heavy atom. The van der Waals surface area contributed by atoms with E-state index in [0.717, 1.165) is 34.0 Å². The fourth-order valence-electron chi connectivity index (χ4n) is 10.8. The van der Waals surface area contributed by atoms with Crippen molar-refractivity contribution in [3.8, 4) is 33.4 Å². The second kappa shape index (κ2) is 15.4. The predicted molar refractivity (Wildman–Crippen MR) is 271 cm³/mol. The third-order valence-corrected chi connectivity index (χ3v) is 30.8. The monoisotopic (exact) mass is 932 g/mol. The number of benzene rings is 6. The molecule has 0 nitrogen and oxygen atoms in total. The zero-order valence-electron chi connectivity index (χ0n) is 39.1. The van der Waals surface area contributed by atoms with Crippen LogP contribution in [0.4, 0.5) is 0 Å². The van der Waals surface area contributed by atoms with Gasteiger partial charge in [0, 0.05) is 0 Å². The van der Waals surface area contributed by atoms with Crippen molar-refractivity contribution >= 4 is 37.2 Å². The Balaban J connectivity index is 1.56. The molecule has 2 aliphatic rings. The number of halogens is 2. The molecule has 3 heteroatoms. The summed E-state index contributed by atoms with van der Waals surface area (Å²) in [4.78, 5) is 0. The Kier molecular flexibility index (Phi) is 11.1. The second-order valence-corrected chi connectivity index (χ2v) is 36.1. The summed E-state index contributed by atoms with van der Waals surface area (Å²) in [7, 11) is 0. The van der Waals surface area contributed by atoms with Gasteiger partial charge in [-0.3, -0.25) is 0 Å². The molecule has 0 radical (unpaired) electrons. The molecule has 6 aromatic carbocycles. The molecular formula is C59H64Cl2Zr. The molecule has 318 valence electrons. The van der Waals surface area contributed by atoms with Crippen LogP contribution in [-0.4, -0.2) is 4.21 Å². The average molecular weight is 935 g/mol. The normalized spacial score (nSPS) is 14.5. The number of allylic oxidation sites excluding steroid dienone is 4. The van der Waals surface area contributed by atoms with Crippen LogP contribution in [-0.2, 0) is 46.4 Å². The predicted octanol–water partition coefficient (Wildman–Crippen LogP) is 15.3. The third kappa shape index (κ3) is 7.47. The van der Waals surface area contributed by atoms with Crippen LogP contribution in [0.15, 0.2) is 137 Å². The number of rotatable bonds is 6. The van der Waals surface area contributed by atoms with Gasteiger partial charge < -0.3 is 0 Å². The van der Waals surface area contributed by atoms with Crippen molar-refractivity contribution in [2.75, 3.05) is 0 Å². The average Bonchev–Trinajstić information content (AvgIpc) is 3.88. The molecule has 0 aromatic heterocycles. The first-order valence-electron chi connectivity index (χ1n) is 22.4. The van der Waals surface area contributed by atoms with E-state index in [-0.39, 0.29) is 21.7 Å². The molecule has 0 unspecified atom stereocenters. The summed E-state index contributed by atoms with van der Waals surface area (Å²) in [6, 6.07) is 43.4. The third-order valence-electron chi connectivity index (χ3n) is 13.9. The number of fused-ring (bicyclic) bond motifs is 3. The summed E-state index contributed by atoms with van der Waals surface area (Å²) in [5.41, 5.74) is 15.8. The minimum absolute atomic E-state index is 0.00309. The summed E-state index contributed by atoms with van der Waals surface area (Å²) >= 11 is 7.43. The maximum atomic E-state index is 6.39. The van der Waals surface area contributed by atoms with E-state index in [1.165, 1.54) is 68.7 Å². The molecule has 6 aromatic rings. The molecule has 0 fully saturated rings. The molecule has 8 rings (SSSR count). The summed E-state index contributed by atoms with van der Waals surface area (Å²) in [6.45, 7) is 28.8. The summed E-state index contributed by atoms with van der Waals surface area (Å²) in [5, 5.41) is 1.49. The van der Waals surface area contributed by atoms with E-state index in [2.05, 4.69) is 192 Å². The Hall–Kier alpha value is -3.87. The van der Waals surface area contributed by atoms with Crippen LogP contribution < -0.4 is 9.81 Å². The molecule has 0 amide bonds. The zero-order chi connectivity index (χ0) is 44.8. The van der Waals surface area contributed by atoms with Crippen LogP contribution in [0.25, 0.3) is 33.4 Å². The molecule has 0 bridgehead atoms. The van der Waals surface area contributed by atoms with Gasteiger partial charge in [0.1, 0.15) is 0 Å². The van der Waals surface area contributed by atoms with Crippen molar-refractivity contribution in [1.82, 2.24) is 0 Å². The molecule has 0 N–H and O–H groups in total. The van der Waals surface area contributed by atoms with Crippen LogP contribution in [0.1, 0.15) is 123 Å². The summed E-state index contributed by atoms with van der Waals surface area (Å²) in [6.07, 6.45) is 8.87. The van der Waals surface area contributed by atoms with Gasteiger partial charge in [0.2, 0.25) is 0 Å². The summed E-state index contributed by atoms with van der Waals surface area (Å²) < 4.78 is 11.8. The van der Waals surface area contributed by atoms with Crippen LogP contribution in [0, 0.1) is 0 Å². The Morgan fingerprint density at radius 1 is 0.484 bits per heavy atom. The molecule has 0 atom stereocenters. The van der Waals surface area contributed by atoms with E-state index in [9.17, 15) is 0 Å².